The first-order valence-electron chi connectivity index (χ1n) is 12.2. The Balaban J connectivity index is 1.68. The molecule has 0 unspecified atom stereocenters. The lowest BCUT2D eigenvalue weighted by atomic mass is 9.94. The summed E-state index contributed by atoms with van der Waals surface area (Å²) in [5.74, 6) is 0. The van der Waals surface area contributed by atoms with Gasteiger partial charge in [0.2, 0.25) is 0 Å². The Morgan fingerprint density at radius 3 is 1.44 bits per heavy atom. The van der Waals surface area contributed by atoms with Crippen molar-refractivity contribution in [2.75, 3.05) is 0 Å². The lowest BCUT2D eigenvalue weighted by Gasteiger charge is -2.23. The zero-order chi connectivity index (χ0) is 24.1. The molecule has 7 rings (SSSR count). The molecule has 7 aromatic carbocycles. The Hall–Kier alpha value is -4.19. The van der Waals surface area contributed by atoms with Crippen molar-refractivity contribution in [2.24, 2.45) is 0 Å². The van der Waals surface area contributed by atoms with Gasteiger partial charge in [-0.1, -0.05) is 133 Å². The van der Waals surface area contributed by atoms with Gasteiger partial charge in [-0.25, -0.2) is 0 Å². The van der Waals surface area contributed by atoms with Crippen LogP contribution in [0.25, 0.3) is 43.1 Å². The molecule has 170 valence electrons. The SMILES string of the molecule is O=P(c1ccccc1)(c1ccccc1)c1cc2c(ccc3c4ccccc4ccc32)c2ccccc12. The molecule has 0 saturated carbocycles. The molecular formula is C34H23OP. The van der Waals surface area contributed by atoms with Crippen LogP contribution in [0.2, 0.25) is 0 Å². The minimum absolute atomic E-state index is 0.853. The van der Waals surface area contributed by atoms with Gasteiger partial charge in [0.1, 0.15) is 0 Å². The molecule has 36 heavy (non-hydrogen) atoms. The Kier molecular flexibility index (Phi) is 4.81. The van der Waals surface area contributed by atoms with Crippen molar-refractivity contribution in [3.05, 3.63) is 140 Å². The molecule has 0 aliphatic rings. The molecule has 0 amide bonds. The highest BCUT2D eigenvalue weighted by molar-refractivity contribution is 7.85. The van der Waals surface area contributed by atoms with Crippen LogP contribution in [0.4, 0.5) is 0 Å². The van der Waals surface area contributed by atoms with Crippen LogP contribution >= 0.6 is 7.14 Å². The van der Waals surface area contributed by atoms with Gasteiger partial charge < -0.3 is 4.57 Å². The van der Waals surface area contributed by atoms with E-state index in [1.54, 1.807) is 0 Å². The van der Waals surface area contributed by atoms with E-state index >= 15 is 4.57 Å². The average molecular weight is 479 g/mol. The van der Waals surface area contributed by atoms with E-state index < -0.39 is 7.14 Å². The van der Waals surface area contributed by atoms with E-state index in [1.165, 1.54) is 26.9 Å². The van der Waals surface area contributed by atoms with Crippen molar-refractivity contribution in [2.45, 2.75) is 0 Å². The second-order valence-corrected chi connectivity index (χ2v) is 12.0. The Bertz CT molecular complexity index is 1910. The summed E-state index contributed by atoms with van der Waals surface area (Å²) >= 11 is 0. The highest BCUT2D eigenvalue weighted by Gasteiger charge is 2.32. The van der Waals surface area contributed by atoms with Crippen LogP contribution in [0, 0.1) is 0 Å². The van der Waals surface area contributed by atoms with Crippen LogP contribution in [0.3, 0.4) is 0 Å². The normalized spacial score (nSPS) is 12.0. The van der Waals surface area contributed by atoms with Gasteiger partial charge >= 0.3 is 0 Å². The Morgan fingerprint density at radius 1 is 0.361 bits per heavy atom. The lowest BCUT2D eigenvalue weighted by molar-refractivity contribution is 0.592. The molecule has 0 radical (unpaired) electrons. The predicted octanol–water partition coefficient (Wildman–Crippen LogP) is 7.94. The van der Waals surface area contributed by atoms with Gasteiger partial charge in [-0.3, -0.25) is 0 Å². The summed E-state index contributed by atoms with van der Waals surface area (Å²) in [6.45, 7) is 0. The van der Waals surface area contributed by atoms with Gasteiger partial charge in [-0.2, -0.15) is 0 Å². The van der Waals surface area contributed by atoms with Crippen molar-refractivity contribution >= 4 is 66.1 Å². The molecule has 1 nitrogen and oxygen atoms in total. The number of rotatable bonds is 3. The van der Waals surface area contributed by atoms with Gasteiger partial charge in [-0.15, -0.1) is 0 Å². The third-order valence-corrected chi connectivity index (χ3v) is 10.4. The van der Waals surface area contributed by atoms with Crippen molar-refractivity contribution in [3.63, 3.8) is 0 Å². The first kappa shape index (κ1) is 21.1. The molecule has 7 aromatic rings. The summed E-state index contributed by atoms with van der Waals surface area (Å²) in [5.41, 5.74) is 0. The van der Waals surface area contributed by atoms with E-state index in [9.17, 15) is 0 Å². The maximum absolute atomic E-state index is 15.4. The van der Waals surface area contributed by atoms with Crippen molar-refractivity contribution in [1.29, 1.82) is 0 Å². The smallest absolute Gasteiger partial charge is 0.171 e. The predicted molar refractivity (Wildman–Crippen MR) is 156 cm³/mol. The van der Waals surface area contributed by atoms with Crippen LogP contribution in [0.15, 0.2) is 140 Å². The standard InChI is InChI=1S/C34H23OP/c35-36(25-12-3-1-4-13-25,26-14-5-2-6-15-26)34-23-33-30-20-19-24-11-7-8-16-27(24)29(30)21-22-31(33)28-17-9-10-18-32(28)34/h1-23H. The van der Waals surface area contributed by atoms with Gasteiger partial charge in [0, 0.05) is 15.9 Å². The molecular weight excluding hydrogens is 455 g/mol. The van der Waals surface area contributed by atoms with E-state index in [-0.39, 0.29) is 0 Å². The molecule has 0 bridgehead atoms. The van der Waals surface area contributed by atoms with Crippen LogP contribution in [-0.2, 0) is 4.57 Å². The third kappa shape index (κ3) is 3.07. The molecule has 0 aliphatic carbocycles. The van der Waals surface area contributed by atoms with Gasteiger partial charge in [0.25, 0.3) is 0 Å². The van der Waals surface area contributed by atoms with E-state index in [0.29, 0.717) is 0 Å². The van der Waals surface area contributed by atoms with E-state index in [0.717, 1.165) is 32.1 Å². The summed E-state index contributed by atoms with van der Waals surface area (Å²) in [5, 5.41) is 12.0. The zero-order valence-electron chi connectivity index (χ0n) is 19.6. The second kappa shape index (κ2) is 8.19. The second-order valence-electron chi connectivity index (χ2n) is 9.26. The van der Waals surface area contributed by atoms with Crippen LogP contribution in [0.5, 0.6) is 0 Å². The zero-order valence-corrected chi connectivity index (χ0v) is 20.5. The Labute approximate surface area is 210 Å². The maximum Gasteiger partial charge on any atom is 0.171 e. The first-order valence-corrected chi connectivity index (χ1v) is 13.9. The number of hydrogen-bond acceptors (Lipinski definition) is 1. The summed E-state index contributed by atoms with van der Waals surface area (Å²) in [6, 6.07) is 47.9. The number of fused-ring (bicyclic) bond motifs is 7. The van der Waals surface area contributed by atoms with Crippen molar-refractivity contribution in [1.82, 2.24) is 0 Å². The summed E-state index contributed by atoms with van der Waals surface area (Å²) < 4.78 is 15.4. The highest BCUT2D eigenvalue weighted by Crippen LogP contribution is 2.46. The topological polar surface area (TPSA) is 17.1 Å². The third-order valence-electron chi connectivity index (χ3n) is 7.32. The van der Waals surface area contributed by atoms with Crippen molar-refractivity contribution < 1.29 is 4.57 Å². The number of hydrogen-bond donors (Lipinski definition) is 0. The fraction of sp³-hybridized carbons (Fsp3) is 0. The van der Waals surface area contributed by atoms with Crippen molar-refractivity contribution in [3.8, 4) is 0 Å². The first-order chi connectivity index (χ1) is 17.7. The molecule has 0 heterocycles. The van der Waals surface area contributed by atoms with Gasteiger partial charge in [0.05, 0.1) is 0 Å². The molecule has 0 fully saturated rings. The molecule has 0 saturated heterocycles. The molecule has 2 heteroatoms. The molecule has 0 aromatic heterocycles. The van der Waals surface area contributed by atoms with E-state index in [2.05, 4.69) is 72.8 Å². The fourth-order valence-electron chi connectivity index (χ4n) is 5.62. The molecule has 0 atom stereocenters. The minimum Gasteiger partial charge on any atom is -0.309 e. The van der Waals surface area contributed by atoms with Crippen LogP contribution in [0.1, 0.15) is 0 Å². The largest absolute Gasteiger partial charge is 0.309 e. The summed E-state index contributed by atoms with van der Waals surface area (Å²) in [6.07, 6.45) is 0. The van der Waals surface area contributed by atoms with Gasteiger partial charge in [0.15, 0.2) is 7.14 Å². The summed E-state index contributed by atoms with van der Waals surface area (Å²) in [4.78, 5) is 0. The maximum atomic E-state index is 15.4. The molecule has 0 aliphatic heterocycles. The monoisotopic (exact) mass is 478 g/mol. The quantitative estimate of drug-likeness (QED) is 0.186. The number of benzene rings is 7. The Morgan fingerprint density at radius 2 is 0.806 bits per heavy atom. The fourth-order valence-corrected chi connectivity index (χ4v) is 8.50. The van der Waals surface area contributed by atoms with E-state index in [4.69, 9.17) is 0 Å². The van der Waals surface area contributed by atoms with E-state index in [1.807, 2.05) is 66.7 Å². The molecule has 0 N–H and O–H groups in total. The minimum atomic E-state index is -3.15. The van der Waals surface area contributed by atoms with Crippen LogP contribution in [-0.4, -0.2) is 0 Å². The van der Waals surface area contributed by atoms with Crippen LogP contribution < -0.4 is 15.9 Å². The van der Waals surface area contributed by atoms with Gasteiger partial charge in [-0.05, 0) is 49.2 Å². The average Bonchev–Trinajstić information content (AvgIpc) is 2.96. The highest BCUT2D eigenvalue weighted by atomic mass is 31.2. The summed E-state index contributed by atoms with van der Waals surface area (Å²) in [7, 11) is -3.15. The lowest BCUT2D eigenvalue weighted by Crippen LogP contribution is -2.25. The molecule has 0 spiro atoms.